The molecular weight excluding hydrogens is 362 g/mol. The van der Waals surface area contributed by atoms with Crippen LogP contribution in [0.15, 0.2) is 36.9 Å². The molecule has 0 spiro atoms. The van der Waals surface area contributed by atoms with Crippen LogP contribution < -0.4 is 0 Å². The predicted molar refractivity (Wildman–Crippen MR) is 120 cm³/mol. The van der Waals surface area contributed by atoms with E-state index < -0.39 is 0 Å². The highest BCUT2D eigenvalue weighted by Crippen LogP contribution is 2.19. The summed E-state index contributed by atoms with van der Waals surface area (Å²) in [5.41, 5.74) is 2.22. The van der Waals surface area contributed by atoms with Crippen LogP contribution in [0, 0.1) is 12.8 Å². The molecule has 0 aromatic heterocycles. The summed E-state index contributed by atoms with van der Waals surface area (Å²) in [5.74, 6) is 0.705. The maximum absolute atomic E-state index is 12.7. The Labute approximate surface area is 177 Å². The summed E-state index contributed by atoms with van der Waals surface area (Å²) in [5, 5.41) is 0. The van der Waals surface area contributed by atoms with Gasteiger partial charge in [0.25, 0.3) is 0 Å². The van der Waals surface area contributed by atoms with E-state index in [1.54, 1.807) is 6.08 Å². The van der Waals surface area contributed by atoms with Crippen LogP contribution in [-0.2, 0) is 11.3 Å². The zero-order chi connectivity index (χ0) is 21.2. The van der Waals surface area contributed by atoms with Gasteiger partial charge in [0, 0.05) is 32.2 Å². The first kappa shape index (κ1) is 23.4. The van der Waals surface area contributed by atoms with Crippen LogP contribution in [0.5, 0.6) is 0 Å². The molecule has 29 heavy (non-hydrogen) atoms. The van der Waals surface area contributed by atoms with Gasteiger partial charge in [0.05, 0.1) is 0 Å². The predicted octanol–water partition coefficient (Wildman–Crippen LogP) is 4.17. The zero-order valence-corrected chi connectivity index (χ0v) is 18.8. The van der Waals surface area contributed by atoms with Gasteiger partial charge in [-0.1, -0.05) is 42.8 Å². The average molecular weight is 402 g/mol. The number of aryl methyl sites for hydroxylation is 1. The molecule has 0 saturated carbocycles. The van der Waals surface area contributed by atoms with E-state index in [9.17, 15) is 4.79 Å². The van der Waals surface area contributed by atoms with Gasteiger partial charge in [-0.2, -0.15) is 0 Å². The van der Waals surface area contributed by atoms with Gasteiger partial charge in [-0.25, -0.2) is 4.79 Å². The SMILES string of the molecule is C=CCN(C(=O)OCc1ccc(C)cc1)C1CCN(CCC(C)CN(C)C)CC1. The second kappa shape index (κ2) is 12.0. The van der Waals surface area contributed by atoms with Crippen molar-refractivity contribution in [2.45, 2.75) is 45.8 Å². The second-order valence-electron chi connectivity index (χ2n) is 8.71. The van der Waals surface area contributed by atoms with Crippen molar-refractivity contribution in [3.05, 3.63) is 48.0 Å². The van der Waals surface area contributed by atoms with Crippen LogP contribution in [0.25, 0.3) is 0 Å². The number of carbonyl (C=O) groups excluding carboxylic acids is 1. The number of benzene rings is 1. The Hall–Kier alpha value is -1.85. The summed E-state index contributed by atoms with van der Waals surface area (Å²) in [4.78, 5) is 19.4. The number of carbonyl (C=O) groups is 1. The average Bonchev–Trinajstić information content (AvgIpc) is 2.70. The highest BCUT2D eigenvalue weighted by Gasteiger charge is 2.28. The van der Waals surface area contributed by atoms with Gasteiger partial charge in [-0.05, 0) is 58.3 Å². The van der Waals surface area contributed by atoms with E-state index in [4.69, 9.17) is 4.74 Å². The van der Waals surface area contributed by atoms with Crippen molar-refractivity contribution in [2.75, 3.05) is 46.8 Å². The summed E-state index contributed by atoms with van der Waals surface area (Å²) < 4.78 is 5.60. The fraction of sp³-hybridized carbons (Fsp3) is 0.625. The minimum absolute atomic E-state index is 0.231. The maximum Gasteiger partial charge on any atom is 0.410 e. The molecule has 1 saturated heterocycles. The van der Waals surface area contributed by atoms with Crippen molar-refractivity contribution < 1.29 is 9.53 Å². The van der Waals surface area contributed by atoms with Crippen LogP contribution in [0.4, 0.5) is 4.79 Å². The van der Waals surface area contributed by atoms with Crippen LogP contribution in [0.1, 0.15) is 37.3 Å². The highest BCUT2D eigenvalue weighted by atomic mass is 16.6. The third-order valence-electron chi connectivity index (χ3n) is 5.66. The second-order valence-corrected chi connectivity index (χ2v) is 8.71. The topological polar surface area (TPSA) is 36.0 Å². The number of rotatable bonds is 10. The van der Waals surface area contributed by atoms with Gasteiger partial charge >= 0.3 is 6.09 Å². The molecule has 0 radical (unpaired) electrons. The molecule has 1 unspecified atom stereocenters. The molecule has 1 aromatic rings. The molecule has 5 heteroatoms. The van der Waals surface area contributed by atoms with Crippen LogP contribution in [0.3, 0.4) is 0 Å². The molecule has 2 rings (SSSR count). The molecule has 0 aliphatic carbocycles. The van der Waals surface area contributed by atoms with Crippen LogP contribution >= 0.6 is 0 Å². The number of hydrogen-bond acceptors (Lipinski definition) is 4. The van der Waals surface area contributed by atoms with E-state index in [1.165, 1.54) is 12.0 Å². The van der Waals surface area contributed by atoms with E-state index in [0.29, 0.717) is 19.1 Å². The van der Waals surface area contributed by atoms with E-state index in [1.807, 2.05) is 29.2 Å². The first-order chi connectivity index (χ1) is 13.9. The molecule has 5 nitrogen and oxygen atoms in total. The van der Waals surface area contributed by atoms with Crippen molar-refractivity contribution in [3.63, 3.8) is 0 Å². The van der Waals surface area contributed by atoms with Gasteiger partial charge in [0.15, 0.2) is 0 Å². The lowest BCUT2D eigenvalue weighted by Gasteiger charge is -2.38. The molecule has 1 amide bonds. The molecule has 1 aliphatic rings. The molecule has 162 valence electrons. The zero-order valence-electron chi connectivity index (χ0n) is 18.8. The number of amides is 1. The third-order valence-corrected chi connectivity index (χ3v) is 5.66. The van der Waals surface area contributed by atoms with E-state index in [-0.39, 0.29) is 12.1 Å². The molecule has 1 aromatic carbocycles. The monoisotopic (exact) mass is 401 g/mol. The lowest BCUT2D eigenvalue weighted by molar-refractivity contribution is 0.0650. The van der Waals surface area contributed by atoms with Crippen molar-refractivity contribution >= 4 is 6.09 Å². The number of nitrogens with zero attached hydrogens (tertiary/aromatic N) is 3. The van der Waals surface area contributed by atoms with Gasteiger partial charge in [-0.15, -0.1) is 6.58 Å². The third kappa shape index (κ3) is 8.19. The smallest absolute Gasteiger partial charge is 0.410 e. The summed E-state index contributed by atoms with van der Waals surface area (Å²) in [6.07, 6.45) is 4.77. The van der Waals surface area contributed by atoms with Gasteiger partial charge in [0.1, 0.15) is 6.61 Å². The molecule has 1 atom stereocenters. The largest absolute Gasteiger partial charge is 0.445 e. The number of piperidine rings is 1. The van der Waals surface area contributed by atoms with Crippen LogP contribution in [-0.4, -0.2) is 73.7 Å². The molecule has 1 heterocycles. The fourth-order valence-electron chi connectivity index (χ4n) is 4.00. The molecule has 0 N–H and O–H groups in total. The Morgan fingerprint density at radius 2 is 1.93 bits per heavy atom. The van der Waals surface area contributed by atoms with Gasteiger partial charge in [0.2, 0.25) is 0 Å². The van der Waals surface area contributed by atoms with Crippen molar-refractivity contribution in [3.8, 4) is 0 Å². The Morgan fingerprint density at radius 1 is 1.28 bits per heavy atom. The van der Waals surface area contributed by atoms with Crippen molar-refractivity contribution in [1.29, 1.82) is 0 Å². The minimum atomic E-state index is -0.233. The Bertz CT molecular complexity index is 622. The molecule has 1 fully saturated rings. The lowest BCUT2D eigenvalue weighted by atomic mass is 10.0. The van der Waals surface area contributed by atoms with Crippen molar-refractivity contribution in [1.82, 2.24) is 14.7 Å². The van der Waals surface area contributed by atoms with E-state index in [0.717, 1.165) is 44.6 Å². The molecule has 0 bridgehead atoms. The lowest BCUT2D eigenvalue weighted by Crippen LogP contribution is -2.48. The van der Waals surface area contributed by atoms with E-state index >= 15 is 0 Å². The standard InChI is InChI=1S/C24H39N3O2/c1-6-14-27(24(28)29-19-22-9-7-20(2)8-10-22)23-12-16-26(17-13-23)15-11-21(3)18-25(4)5/h6-10,21,23H,1,11-19H2,2-5H3. The summed E-state index contributed by atoms with van der Waals surface area (Å²) in [7, 11) is 4.27. The normalized spacial score (nSPS) is 16.6. The first-order valence-electron chi connectivity index (χ1n) is 10.9. The maximum atomic E-state index is 12.7. The van der Waals surface area contributed by atoms with E-state index in [2.05, 4.69) is 44.3 Å². The van der Waals surface area contributed by atoms with Crippen LogP contribution in [0.2, 0.25) is 0 Å². The number of hydrogen-bond donors (Lipinski definition) is 0. The molecular formula is C24H39N3O2. The summed E-state index contributed by atoms with van der Waals surface area (Å²) >= 11 is 0. The van der Waals surface area contributed by atoms with Gasteiger partial charge in [-0.3, -0.25) is 0 Å². The summed E-state index contributed by atoms with van der Waals surface area (Å²) in [6.45, 7) is 13.4. The Balaban J connectivity index is 1.79. The molecule has 1 aliphatic heterocycles. The fourth-order valence-corrected chi connectivity index (χ4v) is 4.00. The highest BCUT2D eigenvalue weighted by molar-refractivity contribution is 5.68. The Kier molecular flexibility index (Phi) is 9.68. The first-order valence-corrected chi connectivity index (χ1v) is 10.9. The summed E-state index contributed by atoms with van der Waals surface area (Å²) in [6, 6.07) is 8.33. The van der Waals surface area contributed by atoms with Crippen molar-refractivity contribution in [2.24, 2.45) is 5.92 Å². The minimum Gasteiger partial charge on any atom is -0.445 e. The number of ether oxygens (including phenoxy) is 1. The number of likely N-dealkylation sites (tertiary alicyclic amines) is 1. The quantitative estimate of drug-likeness (QED) is 0.551. The van der Waals surface area contributed by atoms with Gasteiger partial charge < -0.3 is 19.4 Å². The Morgan fingerprint density at radius 3 is 2.52 bits per heavy atom.